The van der Waals surface area contributed by atoms with Crippen molar-refractivity contribution in [3.63, 3.8) is 0 Å². The van der Waals surface area contributed by atoms with Gasteiger partial charge in [-0.3, -0.25) is 0 Å². The average molecular weight is 329 g/mol. The van der Waals surface area contributed by atoms with E-state index < -0.39 is 0 Å². The van der Waals surface area contributed by atoms with Crippen LogP contribution in [-0.2, 0) is 6.54 Å². The van der Waals surface area contributed by atoms with Gasteiger partial charge in [-0.2, -0.15) is 0 Å². The molecule has 0 saturated heterocycles. The van der Waals surface area contributed by atoms with Crippen LogP contribution in [0.25, 0.3) is 11.2 Å². The third-order valence-corrected chi connectivity index (χ3v) is 3.89. The van der Waals surface area contributed by atoms with Gasteiger partial charge in [0.2, 0.25) is 0 Å². The Bertz CT molecular complexity index is 602. The van der Waals surface area contributed by atoms with E-state index in [0.29, 0.717) is 6.04 Å². The zero-order valence-corrected chi connectivity index (χ0v) is 13.2. The van der Waals surface area contributed by atoms with E-state index in [1.165, 1.54) is 0 Å². The predicted molar refractivity (Wildman–Crippen MR) is 80.4 cm³/mol. The minimum absolute atomic E-state index is 0.534. The summed E-state index contributed by atoms with van der Waals surface area (Å²) in [7, 11) is 2.12. The van der Waals surface area contributed by atoms with Gasteiger partial charge in [-0.1, -0.05) is 0 Å². The lowest BCUT2D eigenvalue weighted by molar-refractivity contribution is 0.263. The number of halogens is 1. The summed E-state index contributed by atoms with van der Waals surface area (Å²) in [5.74, 6) is 0. The number of likely N-dealkylation sites (N-methyl/N-ethyl adjacent to an activating group) is 1. The molecule has 2 heterocycles. The molecule has 2 aromatic heterocycles. The van der Waals surface area contributed by atoms with Crippen molar-refractivity contribution in [2.45, 2.75) is 26.4 Å². The summed E-state index contributed by atoms with van der Waals surface area (Å²) in [4.78, 5) is 9.90. The summed E-state index contributed by atoms with van der Waals surface area (Å²) in [5.41, 5.74) is 1.89. The molecular weight excluding hydrogens is 312 g/mol. The number of nitrogens with one attached hydrogen (secondary N) is 1. The molecule has 18 heavy (non-hydrogen) atoms. The molecular formula is C12H17BrN4S. The van der Waals surface area contributed by atoms with Crippen LogP contribution in [0.4, 0.5) is 0 Å². The Balaban J connectivity index is 2.28. The largest absolute Gasteiger partial charge is 0.329 e. The molecule has 0 spiro atoms. The Labute approximate surface area is 120 Å². The second kappa shape index (κ2) is 5.50. The van der Waals surface area contributed by atoms with Crippen molar-refractivity contribution in [3.8, 4) is 0 Å². The normalized spacial score (nSPS) is 11.9. The number of aromatic nitrogens is 3. The zero-order valence-electron chi connectivity index (χ0n) is 10.8. The summed E-state index contributed by atoms with van der Waals surface area (Å²) in [5, 5.41) is 0. The number of hydrogen-bond acceptors (Lipinski definition) is 3. The highest BCUT2D eigenvalue weighted by molar-refractivity contribution is 9.10. The lowest BCUT2D eigenvalue weighted by Crippen LogP contribution is -2.29. The first-order valence-electron chi connectivity index (χ1n) is 5.93. The Kier molecular flexibility index (Phi) is 4.19. The maximum absolute atomic E-state index is 5.35. The van der Waals surface area contributed by atoms with Crippen LogP contribution in [-0.4, -0.2) is 39.1 Å². The smallest absolute Gasteiger partial charge is 0.179 e. The van der Waals surface area contributed by atoms with Crippen LogP contribution in [0.15, 0.2) is 16.7 Å². The van der Waals surface area contributed by atoms with E-state index >= 15 is 0 Å². The predicted octanol–water partition coefficient (Wildman–Crippen LogP) is 3.20. The second-order valence-electron chi connectivity index (χ2n) is 4.68. The summed E-state index contributed by atoms with van der Waals surface area (Å²) < 4.78 is 3.74. The molecule has 2 aromatic rings. The van der Waals surface area contributed by atoms with Crippen molar-refractivity contribution in [1.82, 2.24) is 19.4 Å². The molecule has 2 rings (SSSR count). The highest BCUT2D eigenvalue weighted by atomic mass is 79.9. The summed E-state index contributed by atoms with van der Waals surface area (Å²) in [6.45, 7) is 6.17. The third-order valence-electron chi connectivity index (χ3n) is 3.13. The first kappa shape index (κ1) is 13.7. The molecule has 0 radical (unpaired) electrons. The fourth-order valence-electron chi connectivity index (χ4n) is 1.74. The molecule has 98 valence electrons. The molecule has 0 aliphatic heterocycles. The monoisotopic (exact) mass is 328 g/mol. The number of H-pyrrole nitrogens is 1. The van der Waals surface area contributed by atoms with Gasteiger partial charge < -0.3 is 14.5 Å². The molecule has 0 amide bonds. The Morgan fingerprint density at radius 1 is 1.56 bits per heavy atom. The van der Waals surface area contributed by atoms with Gasteiger partial charge in [-0.25, -0.2) is 4.98 Å². The number of pyridine rings is 1. The fourth-order valence-corrected chi connectivity index (χ4v) is 2.36. The SMILES string of the molecule is CC(C)N(C)CCn1c(=S)[nH]c2cc(Br)cnc21. The summed E-state index contributed by atoms with van der Waals surface area (Å²) >= 11 is 8.76. The number of imidazole rings is 1. The van der Waals surface area contributed by atoms with Gasteiger partial charge >= 0.3 is 0 Å². The molecule has 0 fully saturated rings. The van der Waals surface area contributed by atoms with Gasteiger partial charge in [-0.15, -0.1) is 0 Å². The minimum atomic E-state index is 0.534. The summed E-state index contributed by atoms with van der Waals surface area (Å²) in [6, 6.07) is 2.53. The molecule has 0 unspecified atom stereocenters. The van der Waals surface area contributed by atoms with Gasteiger partial charge in [0.05, 0.1) is 5.52 Å². The van der Waals surface area contributed by atoms with Crippen LogP contribution in [0.2, 0.25) is 0 Å². The van der Waals surface area contributed by atoms with Gasteiger partial charge in [0.1, 0.15) is 0 Å². The fraction of sp³-hybridized carbons (Fsp3) is 0.500. The van der Waals surface area contributed by atoms with Crippen molar-refractivity contribution >= 4 is 39.3 Å². The van der Waals surface area contributed by atoms with Crippen LogP contribution in [0.5, 0.6) is 0 Å². The quantitative estimate of drug-likeness (QED) is 0.875. The van der Waals surface area contributed by atoms with Gasteiger partial charge in [0.25, 0.3) is 0 Å². The second-order valence-corrected chi connectivity index (χ2v) is 5.98. The van der Waals surface area contributed by atoms with Gasteiger partial charge in [0.15, 0.2) is 10.4 Å². The molecule has 4 nitrogen and oxygen atoms in total. The minimum Gasteiger partial charge on any atom is -0.329 e. The van der Waals surface area contributed by atoms with E-state index in [1.54, 1.807) is 6.20 Å². The number of hydrogen-bond donors (Lipinski definition) is 1. The molecule has 0 aliphatic carbocycles. The van der Waals surface area contributed by atoms with E-state index in [1.807, 2.05) is 6.07 Å². The van der Waals surface area contributed by atoms with E-state index in [0.717, 1.165) is 33.5 Å². The van der Waals surface area contributed by atoms with E-state index in [9.17, 15) is 0 Å². The molecule has 0 bridgehead atoms. The lowest BCUT2D eigenvalue weighted by Gasteiger charge is -2.20. The van der Waals surface area contributed by atoms with Crippen molar-refractivity contribution in [3.05, 3.63) is 21.5 Å². The van der Waals surface area contributed by atoms with Crippen molar-refractivity contribution < 1.29 is 0 Å². The maximum Gasteiger partial charge on any atom is 0.179 e. The molecule has 0 aromatic carbocycles. The first-order chi connectivity index (χ1) is 8.49. The molecule has 6 heteroatoms. The maximum atomic E-state index is 5.35. The van der Waals surface area contributed by atoms with Crippen LogP contribution in [0.1, 0.15) is 13.8 Å². The lowest BCUT2D eigenvalue weighted by atomic mass is 10.3. The number of aromatic amines is 1. The Hall–Kier alpha value is -0.720. The van der Waals surface area contributed by atoms with Crippen molar-refractivity contribution in [2.24, 2.45) is 0 Å². The molecule has 0 saturated carbocycles. The molecule has 1 N–H and O–H groups in total. The van der Waals surface area contributed by atoms with Crippen LogP contribution < -0.4 is 0 Å². The van der Waals surface area contributed by atoms with E-state index in [2.05, 4.69) is 56.3 Å². The number of fused-ring (bicyclic) bond motifs is 1. The number of rotatable bonds is 4. The van der Waals surface area contributed by atoms with E-state index in [4.69, 9.17) is 12.2 Å². The van der Waals surface area contributed by atoms with E-state index in [-0.39, 0.29) is 0 Å². The first-order valence-corrected chi connectivity index (χ1v) is 7.13. The van der Waals surface area contributed by atoms with Gasteiger partial charge in [0, 0.05) is 29.8 Å². The summed E-state index contributed by atoms with van der Waals surface area (Å²) in [6.07, 6.45) is 1.80. The van der Waals surface area contributed by atoms with Crippen LogP contribution in [0, 0.1) is 4.77 Å². The van der Waals surface area contributed by atoms with Crippen molar-refractivity contribution in [1.29, 1.82) is 0 Å². The molecule has 0 aliphatic rings. The zero-order chi connectivity index (χ0) is 13.3. The van der Waals surface area contributed by atoms with Crippen molar-refractivity contribution in [2.75, 3.05) is 13.6 Å². The standard InChI is InChI=1S/C12H17BrN4S/c1-8(2)16(3)4-5-17-11-10(15-12(17)18)6-9(13)7-14-11/h6-8H,4-5H2,1-3H3,(H,15,18). The topological polar surface area (TPSA) is 36.9 Å². The Morgan fingerprint density at radius 3 is 2.94 bits per heavy atom. The number of nitrogens with zero attached hydrogens (tertiary/aromatic N) is 3. The Morgan fingerprint density at radius 2 is 2.28 bits per heavy atom. The van der Waals surface area contributed by atoms with Gasteiger partial charge in [-0.05, 0) is 55.1 Å². The van der Waals surface area contributed by atoms with Crippen LogP contribution >= 0.6 is 28.1 Å². The highest BCUT2D eigenvalue weighted by Crippen LogP contribution is 2.16. The third kappa shape index (κ3) is 2.81. The highest BCUT2D eigenvalue weighted by Gasteiger charge is 2.08. The van der Waals surface area contributed by atoms with Crippen LogP contribution in [0.3, 0.4) is 0 Å². The average Bonchev–Trinajstić information content (AvgIpc) is 2.60. The molecule has 0 atom stereocenters.